The van der Waals surface area contributed by atoms with E-state index in [0.29, 0.717) is 12.2 Å². The molecule has 0 radical (unpaired) electrons. The van der Waals surface area contributed by atoms with Gasteiger partial charge in [-0.3, -0.25) is 9.78 Å². The molecule has 1 atom stereocenters. The minimum Gasteiger partial charge on any atom is -0.376 e. The van der Waals surface area contributed by atoms with Crippen molar-refractivity contribution in [3.05, 3.63) is 60.2 Å². The van der Waals surface area contributed by atoms with Gasteiger partial charge in [-0.15, -0.1) is 0 Å². The number of nitrogens with zero attached hydrogens (tertiary/aromatic N) is 2. The molecule has 0 unspecified atom stereocenters. The van der Waals surface area contributed by atoms with Gasteiger partial charge in [-0.05, 0) is 38.7 Å². The van der Waals surface area contributed by atoms with E-state index in [-0.39, 0.29) is 16.9 Å². The van der Waals surface area contributed by atoms with Gasteiger partial charge in [0, 0.05) is 31.0 Å². The van der Waals surface area contributed by atoms with Crippen molar-refractivity contribution in [2.45, 2.75) is 44.1 Å². The average Bonchev–Trinajstić information content (AvgIpc) is 2.62. The van der Waals surface area contributed by atoms with E-state index in [1.807, 2.05) is 6.07 Å². The van der Waals surface area contributed by atoms with Crippen molar-refractivity contribution >= 4 is 5.91 Å². The van der Waals surface area contributed by atoms with Crippen LogP contribution in [0.15, 0.2) is 48.9 Å². The quantitative estimate of drug-likeness (QED) is 0.909. The summed E-state index contributed by atoms with van der Waals surface area (Å²) in [6, 6.07) is 10.6. The van der Waals surface area contributed by atoms with Crippen LogP contribution in [0.2, 0.25) is 0 Å². The van der Waals surface area contributed by atoms with Crippen LogP contribution < -0.4 is 5.32 Å². The highest BCUT2D eigenvalue weighted by Crippen LogP contribution is 2.43. The van der Waals surface area contributed by atoms with E-state index in [0.717, 1.165) is 25.9 Å². The molecule has 1 aliphatic heterocycles. The topological polar surface area (TPSA) is 64.1 Å². The summed E-state index contributed by atoms with van der Waals surface area (Å²) in [5, 5.41) is 2.99. The number of hydrogen-bond acceptors (Lipinski definition) is 4. The Kier molecular flexibility index (Phi) is 5.13. The van der Waals surface area contributed by atoms with Crippen LogP contribution in [0, 0.1) is 0 Å². The van der Waals surface area contributed by atoms with Crippen molar-refractivity contribution in [3.63, 3.8) is 0 Å². The van der Waals surface area contributed by atoms with Gasteiger partial charge in [0.15, 0.2) is 0 Å². The molecule has 1 amide bonds. The highest BCUT2D eigenvalue weighted by Gasteiger charge is 2.41. The maximum Gasteiger partial charge on any atom is 0.271 e. The van der Waals surface area contributed by atoms with Gasteiger partial charge in [0.2, 0.25) is 0 Å². The van der Waals surface area contributed by atoms with Crippen LogP contribution in [0.1, 0.15) is 49.2 Å². The van der Waals surface area contributed by atoms with E-state index < -0.39 is 0 Å². The lowest BCUT2D eigenvalue weighted by Gasteiger charge is -2.45. The third-order valence-electron chi connectivity index (χ3n) is 4.91. The van der Waals surface area contributed by atoms with Gasteiger partial charge in [0.25, 0.3) is 5.91 Å². The van der Waals surface area contributed by atoms with E-state index in [9.17, 15) is 4.79 Å². The predicted molar refractivity (Wildman–Crippen MR) is 96.4 cm³/mol. The zero-order valence-electron chi connectivity index (χ0n) is 14.9. The molecule has 2 aromatic rings. The first-order valence-corrected chi connectivity index (χ1v) is 8.75. The van der Waals surface area contributed by atoms with E-state index in [2.05, 4.69) is 53.4 Å². The molecule has 1 aromatic carbocycles. The third kappa shape index (κ3) is 4.23. The van der Waals surface area contributed by atoms with Crippen LogP contribution in [0.3, 0.4) is 0 Å². The maximum absolute atomic E-state index is 12.2. The number of aromatic nitrogens is 2. The second-order valence-corrected chi connectivity index (χ2v) is 7.28. The maximum atomic E-state index is 12.2. The fraction of sp³-hybridized carbons (Fsp3) is 0.450. The van der Waals surface area contributed by atoms with Crippen LogP contribution in [0.4, 0.5) is 0 Å². The Bertz CT molecular complexity index is 703. The molecule has 1 aromatic heterocycles. The van der Waals surface area contributed by atoms with Gasteiger partial charge in [-0.1, -0.05) is 30.3 Å². The van der Waals surface area contributed by atoms with E-state index >= 15 is 0 Å². The Hall–Kier alpha value is -2.27. The normalized spacial score (nSPS) is 22.3. The molecule has 1 fully saturated rings. The van der Waals surface area contributed by atoms with Gasteiger partial charge >= 0.3 is 0 Å². The van der Waals surface area contributed by atoms with Crippen LogP contribution in [-0.2, 0) is 10.2 Å². The first kappa shape index (κ1) is 17.5. The smallest absolute Gasteiger partial charge is 0.271 e. The third-order valence-corrected chi connectivity index (χ3v) is 4.91. The van der Waals surface area contributed by atoms with Crippen molar-refractivity contribution < 1.29 is 9.53 Å². The van der Waals surface area contributed by atoms with Crippen LogP contribution in [0.5, 0.6) is 0 Å². The molecule has 0 saturated carbocycles. The summed E-state index contributed by atoms with van der Waals surface area (Å²) in [6.45, 7) is 5.62. The van der Waals surface area contributed by atoms with E-state index in [4.69, 9.17) is 4.74 Å². The first-order valence-electron chi connectivity index (χ1n) is 8.75. The Labute approximate surface area is 148 Å². The summed E-state index contributed by atoms with van der Waals surface area (Å²) >= 11 is 0. The lowest BCUT2D eigenvalue weighted by atomic mass is 9.67. The highest BCUT2D eigenvalue weighted by atomic mass is 16.5. The number of amides is 1. The molecular formula is C20H25N3O2. The number of nitrogens with one attached hydrogen (secondary N) is 1. The molecule has 5 heteroatoms. The fourth-order valence-corrected chi connectivity index (χ4v) is 3.80. The number of carbonyl (C=O) groups is 1. The summed E-state index contributed by atoms with van der Waals surface area (Å²) < 4.78 is 5.93. The fourth-order valence-electron chi connectivity index (χ4n) is 3.80. The summed E-state index contributed by atoms with van der Waals surface area (Å²) in [7, 11) is 0. The predicted octanol–water partition coefficient (Wildman–Crippen LogP) is 3.12. The molecule has 3 rings (SSSR count). The lowest BCUT2D eigenvalue weighted by molar-refractivity contribution is -0.0838. The zero-order chi connectivity index (χ0) is 17.8. The molecule has 25 heavy (non-hydrogen) atoms. The molecule has 0 spiro atoms. The monoisotopic (exact) mass is 339 g/mol. The van der Waals surface area contributed by atoms with Crippen LogP contribution >= 0.6 is 0 Å². The van der Waals surface area contributed by atoms with Crippen molar-refractivity contribution in [1.29, 1.82) is 0 Å². The van der Waals surface area contributed by atoms with Crippen LogP contribution in [0.25, 0.3) is 0 Å². The first-order chi connectivity index (χ1) is 12.0. The van der Waals surface area contributed by atoms with Crippen molar-refractivity contribution in [3.8, 4) is 0 Å². The van der Waals surface area contributed by atoms with Gasteiger partial charge in [-0.25, -0.2) is 4.98 Å². The SMILES string of the molecule is CC1(C)C[C@@](CCNC(=O)c2cnccn2)(c2ccccc2)CCO1. The van der Waals surface area contributed by atoms with Crippen molar-refractivity contribution in [2.75, 3.05) is 13.2 Å². The zero-order valence-corrected chi connectivity index (χ0v) is 14.9. The molecule has 5 nitrogen and oxygen atoms in total. The molecule has 2 heterocycles. The minimum atomic E-state index is -0.178. The number of benzene rings is 1. The number of ether oxygens (including phenoxy) is 1. The molecule has 132 valence electrons. The Morgan fingerprint density at radius 1 is 1.24 bits per heavy atom. The molecule has 0 bridgehead atoms. The standard InChI is InChI=1S/C20H25N3O2/c1-19(2)15-20(9-13-25-19,16-6-4-3-5-7-16)8-10-23-18(24)17-14-21-11-12-22-17/h3-7,11-12,14H,8-10,13,15H2,1-2H3,(H,23,24)/t20-/m0/s1. The Balaban J connectivity index is 1.72. The molecule has 1 N–H and O–H groups in total. The van der Waals surface area contributed by atoms with E-state index in [1.165, 1.54) is 18.0 Å². The number of rotatable bonds is 5. The molecular weight excluding hydrogens is 314 g/mol. The second kappa shape index (κ2) is 7.31. The van der Waals surface area contributed by atoms with Gasteiger partial charge < -0.3 is 10.1 Å². The van der Waals surface area contributed by atoms with Crippen LogP contribution in [-0.4, -0.2) is 34.6 Å². The van der Waals surface area contributed by atoms with E-state index in [1.54, 1.807) is 6.20 Å². The summed E-state index contributed by atoms with van der Waals surface area (Å²) in [5.74, 6) is -0.178. The molecule has 1 saturated heterocycles. The molecule has 0 aliphatic carbocycles. The second-order valence-electron chi connectivity index (χ2n) is 7.28. The molecule has 1 aliphatic rings. The van der Waals surface area contributed by atoms with Crippen molar-refractivity contribution in [2.24, 2.45) is 0 Å². The van der Waals surface area contributed by atoms with Crippen molar-refractivity contribution in [1.82, 2.24) is 15.3 Å². The largest absolute Gasteiger partial charge is 0.376 e. The summed E-state index contributed by atoms with van der Waals surface area (Å²) in [4.78, 5) is 20.2. The Morgan fingerprint density at radius 3 is 2.72 bits per heavy atom. The summed E-state index contributed by atoms with van der Waals surface area (Å²) in [5.41, 5.74) is 1.52. The highest BCUT2D eigenvalue weighted by molar-refractivity contribution is 5.91. The van der Waals surface area contributed by atoms with Gasteiger partial charge in [0.1, 0.15) is 5.69 Å². The number of hydrogen-bond donors (Lipinski definition) is 1. The average molecular weight is 339 g/mol. The van der Waals surface area contributed by atoms with Gasteiger partial charge in [-0.2, -0.15) is 0 Å². The van der Waals surface area contributed by atoms with Gasteiger partial charge in [0.05, 0.1) is 11.8 Å². The lowest BCUT2D eigenvalue weighted by Crippen LogP contribution is -2.45. The number of carbonyl (C=O) groups excluding carboxylic acids is 1. The summed E-state index contributed by atoms with van der Waals surface area (Å²) in [6.07, 6.45) is 7.34. The Morgan fingerprint density at radius 2 is 2.04 bits per heavy atom. The minimum absolute atomic E-state index is 0.0126.